The summed E-state index contributed by atoms with van der Waals surface area (Å²) in [6.07, 6.45) is 0. The van der Waals surface area contributed by atoms with Crippen LogP contribution in [0.5, 0.6) is 0 Å². The number of benzene rings is 1. The maximum atomic E-state index is 13.2. The zero-order valence-corrected chi connectivity index (χ0v) is 7.01. The van der Waals surface area contributed by atoms with E-state index in [1.54, 1.807) is 0 Å². The lowest BCUT2D eigenvalue weighted by atomic mass is 10.2. The van der Waals surface area contributed by atoms with Crippen molar-refractivity contribution in [2.75, 3.05) is 0 Å². The number of nitrogens with zero attached hydrogens (tertiary/aromatic N) is 3. The number of aromatic amines is 1. The summed E-state index contributed by atoms with van der Waals surface area (Å²) in [4.78, 5) is 0. The molecule has 2 rings (SSSR count). The first-order valence-corrected chi connectivity index (χ1v) is 3.76. The lowest BCUT2D eigenvalue weighted by Gasteiger charge is -1.96. The van der Waals surface area contributed by atoms with Crippen molar-refractivity contribution >= 4 is 11.6 Å². The molecule has 0 aliphatic carbocycles. The quantitative estimate of drug-likeness (QED) is 0.753. The fourth-order valence-electron chi connectivity index (χ4n) is 0.891. The van der Waals surface area contributed by atoms with Gasteiger partial charge in [-0.05, 0) is 28.6 Å². The van der Waals surface area contributed by atoms with Gasteiger partial charge in [-0.1, -0.05) is 11.6 Å². The SMILES string of the molecule is Fc1cc(Cl)c[c]c1-c1nnn[nH]1. The molecule has 0 saturated heterocycles. The Morgan fingerprint density at radius 2 is 2.38 bits per heavy atom. The van der Waals surface area contributed by atoms with E-state index in [4.69, 9.17) is 11.6 Å². The first kappa shape index (κ1) is 8.12. The maximum absolute atomic E-state index is 13.2. The Balaban J connectivity index is 2.53. The highest BCUT2D eigenvalue weighted by molar-refractivity contribution is 6.30. The van der Waals surface area contributed by atoms with Crippen molar-refractivity contribution in [1.82, 2.24) is 20.6 Å². The van der Waals surface area contributed by atoms with Crippen LogP contribution in [-0.2, 0) is 0 Å². The van der Waals surface area contributed by atoms with Crippen molar-refractivity contribution in [3.05, 3.63) is 29.0 Å². The monoisotopic (exact) mass is 197 g/mol. The van der Waals surface area contributed by atoms with Crippen LogP contribution in [0.2, 0.25) is 5.02 Å². The molecule has 6 heteroatoms. The van der Waals surface area contributed by atoms with E-state index in [0.29, 0.717) is 0 Å². The summed E-state index contributed by atoms with van der Waals surface area (Å²) in [6, 6.07) is 5.25. The molecule has 2 aromatic rings. The zero-order chi connectivity index (χ0) is 9.26. The Morgan fingerprint density at radius 3 is 3.00 bits per heavy atom. The van der Waals surface area contributed by atoms with Crippen LogP contribution in [0.3, 0.4) is 0 Å². The van der Waals surface area contributed by atoms with Crippen molar-refractivity contribution in [3.63, 3.8) is 0 Å². The van der Waals surface area contributed by atoms with Crippen LogP contribution in [-0.4, -0.2) is 20.6 Å². The van der Waals surface area contributed by atoms with E-state index in [2.05, 4.69) is 26.7 Å². The molecule has 1 radical (unpaired) electrons. The van der Waals surface area contributed by atoms with Gasteiger partial charge in [0.1, 0.15) is 5.82 Å². The lowest BCUT2D eigenvalue weighted by molar-refractivity contribution is 0.630. The first-order valence-electron chi connectivity index (χ1n) is 3.38. The molecule has 0 atom stereocenters. The number of nitrogens with one attached hydrogen (secondary N) is 1. The number of H-pyrrole nitrogens is 1. The number of halogens is 2. The predicted octanol–water partition coefficient (Wildman–Crippen LogP) is 1.46. The zero-order valence-electron chi connectivity index (χ0n) is 6.25. The molecule has 0 fully saturated rings. The van der Waals surface area contributed by atoms with E-state index in [1.165, 1.54) is 12.1 Å². The largest absolute Gasteiger partial charge is 0.239 e. The molecule has 4 nitrogen and oxygen atoms in total. The van der Waals surface area contributed by atoms with Crippen molar-refractivity contribution in [3.8, 4) is 11.4 Å². The fraction of sp³-hybridized carbons (Fsp3) is 0. The molecule has 1 N–H and O–H groups in total. The van der Waals surface area contributed by atoms with Crippen LogP contribution >= 0.6 is 11.6 Å². The summed E-state index contributed by atoms with van der Waals surface area (Å²) in [5.41, 5.74) is 0.175. The van der Waals surface area contributed by atoms with Gasteiger partial charge >= 0.3 is 0 Å². The minimum Gasteiger partial charge on any atom is -0.239 e. The highest BCUT2D eigenvalue weighted by Crippen LogP contribution is 2.20. The molecule has 1 aromatic carbocycles. The van der Waals surface area contributed by atoms with Crippen molar-refractivity contribution in [2.24, 2.45) is 0 Å². The van der Waals surface area contributed by atoms with E-state index < -0.39 is 5.82 Å². The molecule has 0 aliphatic rings. The Morgan fingerprint density at radius 1 is 1.54 bits per heavy atom. The maximum Gasteiger partial charge on any atom is 0.183 e. The van der Waals surface area contributed by atoms with Crippen molar-refractivity contribution in [1.29, 1.82) is 0 Å². The number of hydrogen-bond acceptors (Lipinski definition) is 3. The van der Waals surface area contributed by atoms with Gasteiger partial charge in [0.25, 0.3) is 0 Å². The molecular weight excluding hydrogens is 195 g/mol. The standard InChI is InChI=1S/C7H3ClFN4/c8-4-1-2-5(6(9)3-4)7-10-12-13-11-7/h1,3H,(H,10,11,12,13). The van der Waals surface area contributed by atoms with Crippen molar-refractivity contribution < 1.29 is 4.39 Å². The van der Waals surface area contributed by atoms with Gasteiger partial charge in [-0.25, -0.2) is 9.49 Å². The van der Waals surface area contributed by atoms with Gasteiger partial charge in [-0.2, -0.15) is 0 Å². The predicted molar refractivity (Wildman–Crippen MR) is 43.4 cm³/mol. The topological polar surface area (TPSA) is 54.5 Å². The summed E-state index contributed by atoms with van der Waals surface area (Å²) in [7, 11) is 0. The third-order valence-corrected chi connectivity index (χ3v) is 1.66. The van der Waals surface area contributed by atoms with Gasteiger partial charge in [0, 0.05) is 5.02 Å². The van der Waals surface area contributed by atoms with E-state index in [-0.39, 0.29) is 16.4 Å². The molecule has 1 aromatic heterocycles. The van der Waals surface area contributed by atoms with E-state index in [9.17, 15) is 4.39 Å². The molecule has 0 bridgehead atoms. The van der Waals surface area contributed by atoms with Gasteiger partial charge < -0.3 is 0 Å². The second-order valence-corrected chi connectivity index (χ2v) is 2.73. The molecule has 65 valence electrons. The lowest BCUT2D eigenvalue weighted by Crippen LogP contribution is -1.86. The van der Waals surface area contributed by atoms with E-state index >= 15 is 0 Å². The van der Waals surface area contributed by atoms with Crippen LogP contribution in [0.4, 0.5) is 4.39 Å². The summed E-state index contributed by atoms with van der Waals surface area (Å²) < 4.78 is 13.2. The van der Waals surface area contributed by atoms with Crippen molar-refractivity contribution in [2.45, 2.75) is 0 Å². The number of tetrazole rings is 1. The number of aromatic nitrogens is 4. The Labute approximate surface area is 77.7 Å². The molecule has 0 unspecified atom stereocenters. The second kappa shape index (κ2) is 3.10. The van der Waals surface area contributed by atoms with Crippen LogP contribution < -0.4 is 0 Å². The molecular formula is C7H3ClFN4. The summed E-state index contributed by atoms with van der Waals surface area (Å²) in [6.45, 7) is 0. The second-order valence-electron chi connectivity index (χ2n) is 2.29. The summed E-state index contributed by atoms with van der Waals surface area (Å²) in [5.74, 6) is -0.278. The van der Waals surface area contributed by atoms with Gasteiger partial charge in [0.05, 0.1) is 5.56 Å². The molecule has 0 aliphatic heterocycles. The summed E-state index contributed by atoms with van der Waals surface area (Å²) in [5, 5.41) is 12.9. The van der Waals surface area contributed by atoms with Gasteiger partial charge in [-0.15, -0.1) is 5.10 Å². The normalized spacial score (nSPS) is 10.3. The van der Waals surface area contributed by atoms with Gasteiger partial charge in [0.2, 0.25) is 0 Å². The smallest absolute Gasteiger partial charge is 0.183 e. The van der Waals surface area contributed by atoms with Gasteiger partial charge in [-0.3, -0.25) is 0 Å². The van der Waals surface area contributed by atoms with Crippen LogP contribution in [0.15, 0.2) is 12.1 Å². The minimum atomic E-state index is -0.508. The average Bonchev–Trinajstić information content (AvgIpc) is 2.56. The molecule has 13 heavy (non-hydrogen) atoms. The molecule has 0 amide bonds. The molecule has 0 spiro atoms. The first-order chi connectivity index (χ1) is 6.27. The van der Waals surface area contributed by atoms with E-state index in [0.717, 1.165) is 0 Å². The fourth-order valence-corrected chi connectivity index (χ4v) is 1.04. The third kappa shape index (κ3) is 1.50. The Hall–Kier alpha value is -1.49. The summed E-state index contributed by atoms with van der Waals surface area (Å²) >= 11 is 5.55. The average molecular weight is 198 g/mol. The number of rotatable bonds is 1. The molecule has 0 saturated carbocycles. The minimum absolute atomic E-state index is 0.175. The third-order valence-electron chi connectivity index (χ3n) is 1.44. The van der Waals surface area contributed by atoms with Gasteiger partial charge in [0.15, 0.2) is 5.82 Å². The van der Waals surface area contributed by atoms with Crippen LogP contribution in [0, 0.1) is 11.9 Å². The van der Waals surface area contributed by atoms with Crippen LogP contribution in [0.1, 0.15) is 0 Å². The Kier molecular flexibility index (Phi) is 1.94. The highest BCUT2D eigenvalue weighted by Gasteiger charge is 2.08. The molecule has 1 heterocycles. The van der Waals surface area contributed by atoms with E-state index in [1.807, 2.05) is 0 Å². The number of hydrogen-bond donors (Lipinski definition) is 1. The highest BCUT2D eigenvalue weighted by atomic mass is 35.5. The van der Waals surface area contributed by atoms with Crippen LogP contribution in [0.25, 0.3) is 11.4 Å². The Bertz CT molecular complexity index is 414.